The molecule has 1 aliphatic carbocycles. The van der Waals surface area contributed by atoms with Gasteiger partial charge in [0.15, 0.2) is 0 Å². The average Bonchev–Trinajstić information content (AvgIpc) is 2.42. The number of esters is 1. The van der Waals surface area contributed by atoms with Gasteiger partial charge in [0, 0.05) is 12.8 Å². The first-order valence-electron chi connectivity index (χ1n) is 7.44. The molecule has 0 spiro atoms. The number of hydrogen-bond acceptors (Lipinski definition) is 4. The molecule has 0 aromatic rings. The van der Waals surface area contributed by atoms with E-state index < -0.39 is 21.0 Å². The second-order valence-corrected chi connectivity index (χ2v) is 6.91. The molecule has 1 rings (SSSR count). The molecule has 0 aromatic carbocycles. The van der Waals surface area contributed by atoms with Crippen LogP contribution in [-0.2, 0) is 19.6 Å². The lowest BCUT2D eigenvalue weighted by molar-refractivity contribution is -0.149. The van der Waals surface area contributed by atoms with E-state index in [1.165, 1.54) is 25.0 Å². The monoisotopic (exact) mass is 316 g/mol. The average molecular weight is 316 g/mol. The Morgan fingerprint density at radius 2 is 1.86 bits per heavy atom. The van der Waals surface area contributed by atoms with Crippen molar-refractivity contribution in [3.05, 3.63) is 24.3 Å². The molecule has 0 heterocycles. The first-order chi connectivity index (χ1) is 9.91. The van der Waals surface area contributed by atoms with E-state index in [1.807, 2.05) is 0 Å². The SMILES string of the molecule is CCCCCCCCC(=O)OC1(S(=O)(=O)O)C=CC=CC1. The highest BCUT2D eigenvalue weighted by Crippen LogP contribution is 2.29. The molecule has 0 aliphatic heterocycles. The molecule has 1 unspecified atom stereocenters. The van der Waals surface area contributed by atoms with Crippen molar-refractivity contribution < 1.29 is 22.5 Å². The second-order valence-electron chi connectivity index (χ2n) is 5.27. The summed E-state index contributed by atoms with van der Waals surface area (Å²) in [6.07, 6.45) is 12.1. The van der Waals surface area contributed by atoms with Gasteiger partial charge in [-0.3, -0.25) is 9.35 Å². The Hall–Kier alpha value is -1.14. The lowest BCUT2D eigenvalue weighted by atomic mass is 10.1. The summed E-state index contributed by atoms with van der Waals surface area (Å²) in [6, 6.07) is 0. The molecular weight excluding hydrogens is 292 g/mol. The summed E-state index contributed by atoms with van der Waals surface area (Å²) in [7, 11) is -4.51. The Morgan fingerprint density at radius 3 is 2.43 bits per heavy atom. The zero-order chi connectivity index (χ0) is 15.8. The number of unbranched alkanes of at least 4 members (excludes halogenated alkanes) is 5. The van der Waals surface area contributed by atoms with E-state index in [0.717, 1.165) is 19.3 Å². The molecule has 0 bridgehead atoms. The van der Waals surface area contributed by atoms with Gasteiger partial charge in [0.1, 0.15) is 0 Å². The van der Waals surface area contributed by atoms with Gasteiger partial charge in [-0.1, -0.05) is 57.3 Å². The molecule has 21 heavy (non-hydrogen) atoms. The first kappa shape index (κ1) is 17.9. The Balaban J connectivity index is 2.44. The molecule has 5 nitrogen and oxygen atoms in total. The Morgan fingerprint density at radius 1 is 1.19 bits per heavy atom. The smallest absolute Gasteiger partial charge is 0.310 e. The normalized spacial score (nSPS) is 21.4. The topological polar surface area (TPSA) is 80.7 Å². The zero-order valence-electron chi connectivity index (χ0n) is 12.5. The number of carbonyl (C=O) groups is 1. The van der Waals surface area contributed by atoms with Crippen molar-refractivity contribution in [2.45, 2.75) is 63.2 Å². The van der Waals surface area contributed by atoms with Gasteiger partial charge in [-0.15, -0.1) is 0 Å². The number of carbonyl (C=O) groups excluding carboxylic acids is 1. The third-order valence-electron chi connectivity index (χ3n) is 3.46. The minimum absolute atomic E-state index is 0.0649. The van der Waals surface area contributed by atoms with E-state index in [-0.39, 0.29) is 12.8 Å². The van der Waals surface area contributed by atoms with Crippen LogP contribution < -0.4 is 0 Å². The van der Waals surface area contributed by atoms with Gasteiger partial charge in [-0.25, -0.2) is 0 Å². The predicted octanol–water partition coefficient (Wildman–Crippen LogP) is 3.38. The molecule has 120 valence electrons. The van der Waals surface area contributed by atoms with E-state index in [9.17, 15) is 17.8 Å². The van der Waals surface area contributed by atoms with Gasteiger partial charge < -0.3 is 4.74 Å². The molecule has 0 saturated heterocycles. The lowest BCUT2D eigenvalue weighted by Gasteiger charge is -2.27. The highest BCUT2D eigenvalue weighted by Gasteiger charge is 2.44. The number of allylic oxidation sites excluding steroid dienone is 2. The largest absolute Gasteiger partial charge is 0.436 e. The van der Waals surface area contributed by atoms with Gasteiger partial charge in [-0.05, 0) is 12.5 Å². The maximum absolute atomic E-state index is 11.8. The molecule has 0 aromatic heterocycles. The van der Waals surface area contributed by atoms with Gasteiger partial charge in [-0.2, -0.15) is 8.42 Å². The van der Waals surface area contributed by atoms with E-state index in [1.54, 1.807) is 12.2 Å². The minimum Gasteiger partial charge on any atom is -0.436 e. The van der Waals surface area contributed by atoms with Crippen molar-refractivity contribution in [1.82, 2.24) is 0 Å². The lowest BCUT2D eigenvalue weighted by Crippen LogP contribution is -2.41. The van der Waals surface area contributed by atoms with Gasteiger partial charge in [0.2, 0.25) is 0 Å². The van der Waals surface area contributed by atoms with Crippen molar-refractivity contribution in [2.24, 2.45) is 0 Å². The van der Waals surface area contributed by atoms with Crippen LogP contribution in [0.25, 0.3) is 0 Å². The zero-order valence-corrected chi connectivity index (χ0v) is 13.3. The maximum atomic E-state index is 11.8. The Kier molecular flexibility index (Phi) is 7.11. The molecule has 1 aliphatic rings. The van der Waals surface area contributed by atoms with Crippen LogP contribution in [0.15, 0.2) is 24.3 Å². The third kappa shape index (κ3) is 5.63. The fraction of sp³-hybridized carbons (Fsp3) is 0.667. The van der Waals surface area contributed by atoms with Gasteiger partial charge in [0.25, 0.3) is 4.93 Å². The molecular formula is C15H24O5S. The van der Waals surface area contributed by atoms with Crippen LogP contribution >= 0.6 is 0 Å². The molecule has 0 saturated carbocycles. The van der Waals surface area contributed by atoms with E-state index in [2.05, 4.69) is 6.92 Å². The molecule has 0 fully saturated rings. The number of ether oxygens (including phenoxy) is 1. The molecule has 1 atom stereocenters. The minimum atomic E-state index is -4.51. The second kappa shape index (κ2) is 8.34. The molecule has 0 radical (unpaired) electrons. The van der Waals surface area contributed by atoms with Gasteiger partial charge in [0.05, 0.1) is 0 Å². The summed E-state index contributed by atoms with van der Waals surface area (Å²) in [4.78, 5) is 9.84. The van der Waals surface area contributed by atoms with Gasteiger partial charge >= 0.3 is 16.1 Å². The highest BCUT2D eigenvalue weighted by molar-refractivity contribution is 7.87. The van der Waals surface area contributed by atoms with Crippen molar-refractivity contribution in [3.8, 4) is 0 Å². The Labute approximate surface area is 126 Å². The first-order valence-corrected chi connectivity index (χ1v) is 8.88. The highest BCUT2D eigenvalue weighted by atomic mass is 32.2. The molecule has 6 heteroatoms. The summed E-state index contributed by atoms with van der Waals surface area (Å²) in [5.74, 6) is -0.594. The van der Waals surface area contributed by atoms with Crippen LogP contribution in [0.1, 0.15) is 58.3 Å². The summed E-state index contributed by atoms with van der Waals surface area (Å²) < 4.78 is 37.3. The summed E-state index contributed by atoms with van der Waals surface area (Å²) in [5.41, 5.74) is 0. The third-order valence-corrected chi connectivity index (χ3v) is 4.72. The standard InChI is InChI=1S/C15H24O5S/c1-2-3-4-5-6-8-11-14(16)20-15(21(17,18)19)12-9-7-10-13-15/h7,9-10,12H,2-6,8,11,13H2,1H3,(H,17,18,19). The van der Waals surface area contributed by atoms with Crippen LogP contribution in [-0.4, -0.2) is 23.9 Å². The quantitative estimate of drug-likeness (QED) is 0.401. The van der Waals surface area contributed by atoms with E-state index in [4.69, 9.17) is 4.74 Å². The fourth-order valence-corrected chi connectivity index (χ4v) is 2.95. The van der Waals surface area contributed by atoms with Crippen LogP contribution in [0, 0.1) is 0 Å². The van der Waals surface area contributed by atoms with E-state index in [0.29, 0.717) is 6.42 Å². The summed E-state index contributed by atoms with van der Waals surface area (Å²) in [6.45, 7) is 2.14. The fourth-order valence-electron chi connectivity index (χ4n) is 2.19. The van der Waals surface area contributed by atoms with Crippen LogP contribution in [0.2, 0.25) is 0 Å². The number of rotatable bonds is 9. The molecule has 0 amide bonds. The Bertz CT molecular complexity index is 492. The van der Waals surface area contributed by atoms with Crippen molar-refractivity contribution in [3.63, 3.8) is 0 Å². The summed E-state index contributed by atoms with van der Waals surface area (Å²) in [5, 5.41) is 0. The number of hydrogen-bond donors (Lipinski definition) is 1. The predicted molar refractivity (Wildman–Crippen MR) is 81.3 cm³/mol. The van der Waals surface area contributed by atoms with Crippen molar-refractivity contribution >= 4 is 16.1 Å². The molecule has 1 N–H and O–H groups in total. The summed E-state index contributed by atoms with van der Waals surface area (Å²) >= 11 is 0. The van der Waals surface area contributed by atoms with Crippen molar-refractivity contribution in [2.75, 3.05) is 0 Å². The maximum Gasteiger partial charge on any atom is 0.310 e. The van der Waals surface area contributed by atoms with Crippen LogP contribution in [0.3, 0.4) is 0 Å². The van der Waals surface area contributed by atoms with Crippen LogP contribution in [0.5, 0.6) is 0 Å². The van der Waals surface area contributed by atoms with Crippen LogP contribution in [0.4, 0.5) is 0 Å². The van der Waals surface area contributed by atoms with E-state index >= 15 is 0 Å². The van der Waals surface area contributed by atoms with Crippen molar-refractivity contribution in [1.29, 1.82) is 0 Å².